The number of Topliss-reactive ketones (excluding diaryl/α,β-unsaturated/α-hetero) is 1. The van der Waals surface area contributed by atoms with Gasteiger partial charge in [0.1, 0.15) is 17.0 Å². The topological polar surface area (TPSA) is 77.5 Å². The van der Waals surface area contributed by atoms with E-state index in [-0.39, 0.29) is 23.5 Å². The van der Waals surface area contributed by atoms with E-state index < -0.39 is 0 Å². The maximum Gasteiger partial charge on any atom is 0.262 e. The smallest absolute Gasteiger partial charge is 0.262 e. The molecule has 29 heavy (non-hydrogen) atoms. The Labute approximate surface area is 172 Å². The van der Waals surface area contributed by atoms with Crippen LogP contribution >= 0.6 is 11.8 Å². The fourth-order valence-corrected chi connectivity index (χ4v) is 4.29. The number of para-hydroxylation sites is 1. The summed E-state index contributed by atoms with van der Waals surface area (Å²) in [7, 11) is 1.62. The van der Waals surface area contributed by atoms with E-state index >= 15 is 0 Å². The van der Waals surface area contributed by atoms with Crippen molar-refractivity contribution in [1.82, 2.24) is 4.98 Å². The molecule has 0 bridgehead atoms. The van der Waals surface area contributed by atoms with Gasteiger partial charge in [-0.1, -0.05) is 23.9 Å². The molecular weight excluding hydrogens is 388 g/mol. The van der Waals surface area contributed by atoms with Gasteiger partial charge in [0, 0.05) is 10.9 Å². The Bertz CT molecular complexity index is 1130. The maximum absolute atomic E-state index is 13.0. The molecule has 0 saturated heterocycles. The summed E-state index contributed by atoms with van der Waals surface area (Å²) in [6, 6.07) is 12.9. The van der Waals surface area contributed by atoms with Crippen molar-refractivity contribution in [2.45, 2.75) is 24.1 Å². The molecule has 0 aliphatic carbocycles. The van der Waals surface area contributed by atoms with Gasteiger partial charge in [-0.25, -0.2) is 4.98 Å². The average Bonchev–Trinajstić information content (AvgIpc) is 2.72. The molecule has 0 saturated carbocycles. The zero-order valence-electron chi connectivity index (χ0n) is 16.3. The highest BCUT2D eigenvalue weighted by Crippen LogP contribution is 2.33. The molecule has 0 spiro atoms. The fraction of sp³-hybridized carbons (Fsp3) is 0.227. The fourth-order valence-electron chi connectivity index (χ4n) is 3.29. The number of hydrogen-bond acceptors (Lipinski definition) is 6. The number of methoxy groups -OCH3 is 1. The first-order chi connectivity index (χ1) is 14.0. The molecule has 7 heteroatoms. The lowest BCUT2D eigenvalue weighted by molar-refractivity contribution is -0.118. The van der Waals surface area contributed by atoms with Crippen LogP contribution in [0.1, 0.15) is 22.8 Å². The van der Waals surface area contributed by atoms with Crippen molar-refractivity contribution in [3.8, 4) is 11.5 Å². The first-order valence-electron chi connectivity index (χ1n) is 9.18. The largest absolute Gasteiger partial charge is 0.494 e. The molecule has 1 aliphatic heterocycles. The summed E-state index contributed by atoms with van der Waals surface area (Å²) in [4.78, 5) is 29.2. The van der Waals surface area contributed by atoms with E-state index in [1.54, 1.807) is 25.3 Å². The van der Waals surface area contributed by atoms with Crippen molar-refractivity contribution >= 4 is 40.0 Å². The third kappa shape index (κ3) is 3.78. The minimum absolute atomic E-state index is 0.0109. The van der Waals surface area contributed by atoms with Gasteiger partial charge < -0.3 is 14.8 Å². The van der Waals surface area contributed by atoms with Gasteiger partial charge in [-0.15, -0.1) is 0 Å². The molecule has 1 aliphatic rings. The summed E-state index contributed by atoms with van der Waals surface area (Å²) in [5.41, 5.74) is 2.90. The number of carbonyl (C=O) groups is 2. The van der Waals surface area contributed by atoms with Gasteiger partial charge in [-0.2, -0.15) is 0 Å². The summed E-state index contributed by atoms with van der Waals surface area (Å²) >= 11 is 1.40. The zero-order chi connectivity index (χ0) is 20.5. The van der Waals surface area contributed by atoms with Crippen LogP contribution in [-0.2, 0) is 4.79 Å². The molecule has 3 aromatic rings. The van der Waals surface area contributed by atoms with Crippen molar-refractivity contribution in [3.63, 3.8) is 0 Å². The second kappa shape index (κ2) is 7.75. The Morgan fingerprint density at radius 3 is 2.90 bits per heavy atom. The molecule has 2 aromatic carbocycles. The summed E-state index contributed by atoms with van der Waals surface area (Å²) in [5.74, 6) is 1.00. The van der Waals surface area contributed by atoms with Gasteiger partial charge in [0.25, 0.3) is 5.91 Å². The van der Waals surface area contributed by atoms with Crippen LogP contribution in [0.2, 0.25) is 0 Å². The summed E-state index contributed by atoms with van der Waals surface area (Å²) in [5, 5.41) is 4.17. The highest BCUT2D eigenvalue weighted by Gasteiger charge is 2.22. The number of nitrogens with one attached hydrogen (secondary N) is 1. The van der Waals surface area contributed by atoms with Crippen LogP contribution < -0.4 is 14.8 Å². The average molecular weight is 408 g/mol. The molecule has 6 nitrogen and oxygen atoms in total. The number of aromatic nitrogens is 1. The minimum atomic E-state index is -0.354. The number of amides is 1. The standard InChI is InChI=1S/C22H20N2O4S/c1-12-9-20(24-21-15(12)5-4-6-18(21)27-3)29-13(2)22(26)14-7-8-17-16(10-14)23-19(25)11-28-17/h4-10,13H,11H2,1-3H3,(H,23,25). The van der Waals surface area contributed by atoms with Crippen molar-refractivity contribution in [2.75, 3.05) is 19.0 Å². The van der Waals surface area contributed by atoms with E-state index in [1.165, 1.54) is 11.8 Å². The Morgan fingerprint density at radius 1 is 1.28 bits per heavy atom. The number of anilines is 1. The number of ketones is 1. The number of aryl methyl sites for hydroxylation is 1. The first-order valence-corrected chi connectivity index (χ1v) is 10.1. The highest BCUT2D eigenvalue weighted by molar-refractivity contribution is 8.00. The minimum Gasteiger partial charge on any atom is -0.494 e. The number of hydrogen-bond donors (Lipinski definition) is 1. The molecule has 1 aromatic heterocycles. The predicted octanol–water partition coefficient (Wildman–Crippen LogP) is 4.25. The van der Waals surface area contributed by atoms with E-state index in [2.05, 4.69) is 5.32 Å². The Kier molecular flexibility index (Phi) is 5.15. The number of ether oxygens (including phenoxy) is 2. The Morgan fingerprint density at radius 2 is 2.10 bits per heavy atom. The second-order valence-corrected chi connectivity index (χ2v) is 8.17. The van der Waals surface area contributed by atoms with Crippen molar-refractivity contribution in [1.29, 1.82) is 0 Å². The van der Waals surface area contributed by atoms with Gasteiger partial charge in [0.05, 0.1) is 23.1 Å². The van der Waals surface area contributed by atoms with Crippen LogP contribution in [0.25, 0.3) is 10.9 Å². The van der Waals surface area contributed by atoms with E-state index in [9.17, 15) is 9.59 Å². The summed E-state index contributed by atoms with van der Waals surface area (Å²) in [6.45, 7) is 3.86. The van der Waals surface area contributed by atoms with Gasteiger partial charge >= 0.3 is 0 Å². The maximum atomic E-state index is 13.0. The van der Waals surface area contributed by atoms with Crippen LogP contribution in [0.3, 0.4) is 0 Å². The molecule has 1 N–H and O–H groups in total. The number of nitrogens with zero attached hydrogens (tertiary/aromatic N) is 1. The number of carbonyl (C=O) groups excluding carboxylic acids is 2. The van der Waals surface area contributed by atoms with E-state index in [0.717, 1.165) is 21.5 Å². The molecule has 0 radical (unpaired) electrons. The quantitative estimate of drug-likeness (QED) is 0.502. The molecular formula is C22H20N2O4S. The molecule has 1 unspecified atom stereocenters. The van der Waals surface area contributed by atoms with Gasteiger partial charge in [-0.3, -0.25) is 9.59 Å². The molecule has 148 valence electrons. The van der Waals surface area contributed by atoms with Crippen LogP contribution in [0.4, 0.5) is 5.69 Å². The van der Waals surface area contributed by atoms with Crippen molar-refractivity contribution in [2.24, 2.45) is 0 Å². The number of thioether (sulfide) groups is 1. The Hall–Kier alpha value is -3.06. The summed E-state index contributed by atoms with van der Waals surface area (Å²) < 4.78 is 10.8. The SMILES string of the molecule is COc1cccc2c(C)cc(SC(C)C(=O)c3ccc4c(c3)NC(=O)CO4)nc12. The number of rotatable bonds is 5. The molecule has 1 atom stereocenters. The third-order valence-corrected chi connectivity index (χ3v) is 5.79. The van der Waals surface area contributed by atoms with E-state index in [4.69, 9.17) is 14.5 Å². The van der Waals surface area contributed by atoms with Crippen LogP contribution in [-0.4, -0.2) is 35.6 Å². The monoisotopic (exact) mass is 408 g/mol. The number of pyridine rings is 1. The molecule has 1 amide bonds. The lowest BCUT2D eigenvalue weighted by Crippen LogP contribution is -2.25. The van der Waals surface area contributed by atoms with Crippen LogP contribution in [0.5, 0.6) is 11.5 Å². The van der Waals surface area contributed by atoms with Crippen molar-refractivity contribution in [3.05, 3.63) is 53.6 Å². The van der Waals surface area contributed by atoms with Crippen LogP contribution in [0.15, 0.2) is 47.5 Å². The van der Waals surface area contributed by atoms with Gasteiger partial charge in [0.2, 0.25) is 0 Å². The molecule has 0 fully saturated rings. The predicted molar refractivity (Wildman–Crippen MR) is 113 cm³/mol. The summed E-state index contributed by atoms with van der Waals surface area (Å²) in [6.07, 6.45) is 0. The molecule has 2 heterocycles. The van der Waals surface area contributed by atoms with E-state index in [1.807, 2.05) is 38.1 Å². The molecule has 4 rings (SSSR count). The van der Waals surface area contributed by atoms with Crippen molar-refractivity contribution < 1.29 is 19.1 Å². The number of fused-ring (bicyclic) bond motifs is 2. The number of benzene rings is 2. The normalized spacial score (nSPS) is 14.0. The van der Waals surface area contributed by atoms with Crippen LogP contribution in [0, 0.1) is 6.92 Å². The Balaban J connectivity index is 1.59. The lowest BCUT2D eigenvalue weighted by atomic mass is 10.1. The third-order valence-electron chi connectivity index (χ3n) is 4.77. The zero-order valence-corrected chi connectivity index (χ0v) is 17.1. The first kappa shape index (κ1) is 19.3. The highest BCUT2D eigenvalue weighted by atomic mass is 32.2. The van der Waals surface area contributed by atoms with Gasteiger partial charge in [-0.05, 0) is 49.7 Å². The lowest BCUT2D eigenvalue weighted by Gasteiger charge is -2.19. The second-order valence-electron chi connectivity index (χ2n) is 6.81. The van der Waals surface area contributed by atoms with E-state index in [0.29, 0.717) is 22.7 Å². The van der Waals surface area contributed by atoms with Gasteiger partial charge in [0.15, 0.2) is 12.4 Å².